The molecule has 1 N–H and O–H groups in total. The Bertz CT molecular complexity index is 1320. The summed E-state index contributed by atoms with van der Waals surface area (Å²) in [5.41, 5.74) is 4.53. The fraction of sp³-hybridized carbons (Fsp3) is 0.154. The maximum absolute atomic E-state index is 12.5. The Morgan fingerprint density at radius 3 is 2.35 bits per heavy atom. The molecule has 1 aromatic heterocycles. The van der Waals surface area contributed by atoms with Gasteiger partial charge in [0.25, 0.3) is 5.91 Å². The molecule has 0 aliphatic rings. The van der Waals surface area contributed by atoms with Crippen molar-refractivity contribution >= 4 is 23.6 Å². The molecule has 0 bridgehead atoms. The standard InChI is InChI=1S/C26H24N4O3S/c1-17-9-12-21(15-18(17)2)30-24(19-7-5-4-6-8-19)28-29-26(30)34-16-23(31)27-25(32)20-10-13-22(33-3)14-11-20/h4-15H,16H2,1-3H3,(H,27,31,32). The highest BCUT2D eigenvalue weighted by atomic mass is 32.2. The zero-order valence-corrected chi connectivity index (χ0v) is 19.9. The number of amides is 2. The number of benzene rings is 3. The number of methoxy groups -OCH3 is 1. The number of hydrogen-bond acceptors (Lipinski definition) is 6. The summed E-state index contributed by atoms with van der Waals surface area (Å²) in [6.45, 7) is 4.11. The van der Waals surface area contributed by atoms with Gasteiger partial charge in [-0.2, -0.15) is 0 Å². The third-order valence-corrected chi connectivity index (χ3v) is 6.28. The van der Waals surface area contributed by atoms with Gasteiger partial charge < -0.3 is 4.74 Å². The van der Waals surface area contributed by atoms with Crippen molar-refractivity contribution in [3.05, 3.63) is 89.5 Å². The van der Waals surface area contributed by atoms with Crippen LogP contribution in [-0.4, -0.2) is 39.4 Å². The smallest absolute Gasteiger partial charge is 0.257 e. The summed E-state index contributed by atoms with van der Waals surface area (Å²) in [6.07, 6.45) is 0. The predicted octanol–water partition coefficient (Wildman–Crippen LogP) is 4.61. The minimum atomic E-state index is -0.464. The number of hydrogen-bond donors (Lipinski definition) is 1. The SMILES string of the molecule is COc1ccc(C(=O)NC(=O)CSc2nnc(-c3ccccc3)n2-c2ccc(C)c(C)c2)cc1. The van der Waals surface area contributed by atoms with E-state index in [1.165, 1.54) is 17.3 Å². The van der Waals surface area contributed by atoms with Gasteiger partial charge in [0, 0.05) is 11.1 Å². The molecule has 7 nitrogen and oxygen atoms in total. The molecule has 1 heterocycles. The number of imide groups is 1. The molecule has 0 aliphatic heterocycles. The average Bonchev–Trinajstić information content (AvgIpc) is 3.29. The first-order valence-electron chi connectivity index (χ1n) is 10.7. The fourth-order valence-corrected chi connectivity index (χ4v) is 4.09. The molecule has 172 valence electrons. The highest BCUT2D eigenvalue weighted by molar-refractivity contribution is 7.99. The van der Waals surface area contributed by atoms with Gasteiger partial charge >= 0.3 is 0 Å². The van der Waals surface area contributed by atoms with Gasteiger partial charge in [-0.1, -0.05) is 48.2 Å². The van der Waals surface area contributed by atoms with Gasteiger partial charge in [0.05, 0.1) is 18.6 Å². The molecule has 0 unspecified atom stereocenters. The van der Waals surface area contributed by atoms with Crippen LogP contribution in [0.5, 0.6) is 5.75 Å². The van der Waals surface area contributed by atoms with Crippen LogP contribution in [0.25, 0.3) is 17.1 Å². The molecule has 0 fully saturated rings. The van der Waals surface area contributed by atoms with Crippen molar-refractivity contribution in [2.45, 2.75) is 19.0 Å². The Morgan fingerprint density at radius 1 is 0.941 bits per heavy atom. The van der Waals surface area contributed by atoms with Crippen molar-refractivity contribution in [3.63, 3.8) is 0 Å². The third-order valence-electron chi connectivity index (χ3n) is 5.35. The zero-order valence-electron chi connectivity index (χ0n) is 19.1. The van der Waals surface area contributed by atoms with E-state index in [4.69, 9.17) is 4.74 Å². The Labute approximate surface area is 202 Å². The van der Waals surface area contributed by atoms with Crippen molar-refractivity contribution < 1.29 is 14.3 Å². The molecule has 0 aliphatic carbocycles. The molecule has 3 aromatic carbocycles. The van der Waals surface area contributed by atoms with E-state index in [1.807, 2.05) is 47.0 Å². The summed E-state index contributed by atoms with van der Waals surface area (Å²) in [6, 6.07) is 22.5. The molecule has 34 heavy (non-hydrogen) atoms. The summed E-state index contributed by atoms with van der Waals surface area (Å²) in [5, 5.41) is 11.7. The lowest BCUT2D eigenvalue weighted by Gasteiger charge is -2.12. The van der Waals surface area contributed by atoms with Gasteiger partial charge in [0.15, 0.2) is 11.0 Å². The first-order valence-corrected chi connectivity index (χ1v) is 11.6. The first kappa shape index (κ1) is 23.3. The molecule has 0 saturated heterocycles. The van der Waals surface area contributed by atoms with E-state index < -0.39 is 11.8 Å². The van der Waals surface area contributed by atoms with Crippen LogP contribution in [0.15, 0.2) is 78.0 Å². The third kappa shape index (κ3) is 5.18. The van der Waals surface area contributed by atoms with Crippen molar-refractivity contribution in [1.82, 2.24) is 20.1 Å². The average molecular weight is 473 g/mol. The van der Waals surface area contributed by atoms with Crippen LogP contribution in [0.1, 0.15) is 21.5 Å². The maximum Gasteiger partial charge on any atom is 0.257 e. The molecule has 2 amide bonds. The lowest BCUT2D eigenvalue weighted by Crippen LogP contribution is -2.31. The van der Waals surface area contributed by atoms with E-state index in [0.717, 1.165) is 16.8 Å². The number of rotatable bonds is 7. The van der Waals surface area contributed by atoms with Crippen LogP contribution < -0.4 is 10.1 Å². The summed E-state index contributed by atoms with van der Waals surface area (Å²) in [4.78, 5) is 24.9. The predicted molar refractivity (Wildman–Crippen MR) is 132 cm³/mol. The number of nitrogens with zero attached hydrogens (tertiary/aromatic N) is 3. The Morgan fingerprint density at radius 2 is 1.68 bits per heavy atom. The van der Waals surface area contributed by atoms with Crippen LogP contribution in [0.3, 0.4) is 0 Å². The van der Waals surface area contributed by atoms with E-state index in [9.17, 15) is 9.59 Å². The maximum atomic E-state index is 12.5. The van der Waals surface area contributed by atoms with Crippen LogP contribution in [-0.2, 0) is 4.79 Å². The van der Waals surface area contributed by atoms with Crippen LogP contribution >= 0.6 is 11.8 Å². The van der Waals surface area contributed by atoms with Gasteiger partial charge in [0.2, 0.25) is 5.91 Å². The number of carbonyl (C=O) groups is 2. The van der Waals surface area contributed by atoms with Gasteiger partial charge in [-0.25, -0.2) is 0 Å². The number of thioether (sulfide) groups is 1. The normalized spacial score (nSPS) is 10.7. The molecule has 0 radical (unpaired) electrons. The molecule has 0 atom stereocenters. The second-order valence-electron chi connectivity index (χ2n) is 7.67. The van der Waals surface area contributed by atoms with Crippen LogP contribution in [0, 0.1) is 13.8 Å². The van der Waals surface area contributed by atoms with Gasteiger partial charge in [-0.3, -0.25) is 19.5 Å². The number of carbonyl (C=O) groups excluding carboxylic acids is 2. The Kier molecular flexibility index (Phi) is 7.08. The second-order valence-corrected chi connectivity index (χ2v) is 8.61. The summed E-state index contributed by atoms with van der Waals surface area (Å²) in [7, 11) is 1.55. The van der Waals surface area contributed by atoms with Gasteiger partial charge in [-0.05, 0) is 61.4 Å². The zero-order chi connectivity index (χ0) is 24.1. The monoisotopic (exact) mass is 472 g/mol. The number of aryl methyl sites for hydroxylation is 2. The lowest BCUT2D eigenvalue weighted by atomic mass is 10.1. The molecular formula is C26H24N4O3S. The van der Waals surface area contributed by atoms with Crippen molar-refractivity contribution in [3.8, 4) is 22.8 Å². The molecule has 8 heteroatoms. The highest BCUT2D eigenvalue weighted by Gasteiger charge is 2.18. The van der Waals surface area contributed by atoms with Crippen molar-refractivity contribution in [2.75, 3.05) is 12.9 Å². The topological polar surface area (TPSA) is 86.1 Å². The minimum absolute atomic E-state index is 0.0136. The van der Waals surface area contributed by atoms with E-state index >= 15 is 0 Å². The Hall–Kier alpha value is -3.91. The van der Waals surface area contributed by atoms with E-state index in [-0.39, 0.29) is 5.75 Å². The first-order chi connectivity index (χ1) is 16.5. The molecule has 0 spiro atoms. The van der Waals surface area contributed by atoms with Crippen LogP contribution in [0.2, 0.25) is 0 Å². The van der Waals surface area contributed by atoms with Crippen LogP contribution in [0.4, 0.5) is 0 Å². The lowest BCUT2D eigenvalue weighted by molar-refractivity contribution is -0.117. The quantitative estimate of drug-likeness (QED) is 0.396. The van der Waals surface area contributed by atoms with Gasteiger partial charge in [0.1, 0.15) is 5.75 Å². The Balaban J connectivity index is 1.54. The van der Waals surface area contributed by atoms with Gasteiger partial charge in [-0.15, -0.1) is 10.2 Å². The van der Waals surface area contributed by atoms with E-state index in [2.05, 4.69) is 35.4 Å². The number of aromatic nitrogens is 3. The highest BCUT2D eigenvalue weighted by Crippen LogP contribution is 2.28. The molecule has 0 saturated carbocycles. The molecule has 4 rings (SSSR count). The summed E-state index contributed by atoms with van der Waals surface area (Å²) in [5.74, 6) is 0.453. The number of ether oxygens (including phenoxy) is 1. The largest absolute Gasteiger partial charge is 0.497 e. The van der Waals surface area contributed by atoms with E-state index in [1.54, 1.807) is 31.4 Å². The summed E-state index contributed by atoms with van der Waals surface area (Å²) >= 11 is 1.22. The van der Waals surface area contributed by atoms with Crippen molar-refractivity contribution in [1.29, 1.82) is 0 Å². The molecular weight excluding hydrogens is 448 g/mol. The van der Waals surface area contributed by atoms with Crippen molar-refractivity contribution in [2.24, 2.45) is 0 Å². The fourth-order valence-electron chi connectivity index (χ4n) is 3.34. The summed E-state index contributed by atoms with van der Waals surface area (Å²) < 4.78 is 7.03. The molecule has 4 aromatic rings. The second kappa shape index (κ2) is 10.4. The van der Waals surface area contributed by atoms with E-state index in [0.29, 0.717) is 22.3 Å². The number of nitrogens with one attached hydrogen (secondary N) is 1. The minimum Gasteiger partial charge on any atom is -0.497 e.